The molecule has 0 radical (unpaired) electrons. The first-order valence-corrected chi connectivity index (χ1v) is 6.87. The molecular weight excluding hydrogens is 267 g/mol. The van der Waals surface area contributed by atoms with Crippen molar-refractivity contribution in [3.8, 4) is 11.1 Å². The molecule has 1 atom stereocenters. The van der Waals surface area contributed by atoms with Crippen LogP contribution in [0.3, 0.4) is 0 Å². The standard InChI is InChI=1S/C17H17FN2O/c1-11(10-21)20-8-7-15-13(3-2-4-17(15)20)14-6-5-12(18)9-16(14)19/h2-9,11,21H,10,19H2,1H3. The van der Waals surface area contributed by atoms with Gasteiger partial charge in [0.2, 0.25) is 0 Å². The summed E-state index contributed by atoms with van der Waals surface area (Å²) in [7, 11) is 0. The third kappa shape index (κ3) is 2.28. The van der Waals surface area contributed by atoms with Crippen molar-refractivity contribution in [1.82, 2.24) is 4.57 Å². The molecule has 0 aliphatic rings. The van der Waals surface area contributed by atoms with Crippen molar-refractivity contribution in [1.29, 1.82) is 0 Å². The number of aliphatic hydroxyl groups is 1. The van der Waals surface area contributed by atoms with Crippen molar-refractivity contribution in [2.75, 3.05) is 12.3 Å². The zero-order valence-corrected chi connectivity index (χ0v) is 11.8. The Morgan fingerprint density at radius 1 is 1.19 bits per heavy atom. The van der Waals surface area contributed by atoms with Crippen LogP contribution in [0.1, 0.15) is 13.0 Å². The average molecular weight is 284 g/mol. The fraction of sp³-hybridized carbons (Fsp3) is 0.176. The van der Waals surface area contributed by atoms with Crippen LogP contribution in [0.25, 0.3) is 22.0 Å². The summed E-state index contributed by atoms with van der Waals surface area (Å²) in [6.07, 6.45) is 1.95. The van der Waals surface area contributed by atoms with Crippen molar-refractivity contribution in [2.45, 2.75) is 13.0 Å². The number of nitrogens with zero attached hydrogens (tertiary/aromatic N) is 1. The van der Waals surface area contributed by atoms with Gasteiger partial charge < -0.3 is 15.4 Å². The molecule has 0 saturated heterocycles. The summed E-state index contributed by atoms with van der Waals surface area (Å²) >= 11 is 0. The molecule has 0 aliphatic heterocycles. The van der Waals surface area contributed by atoms with Crippen molar-refractivity contribution < 1.29 is 9.50 Å². The second-order valence-electron chi connectivity index (χ2n) is 5.22. The van der Waals surface area contributed by atoms with E-state index >= 15 is 0 Å². The highest BCUT2D eigenvalue weighted by Crippen LogP contribution is 2.34. The first kappa shape index (κ1) is 13.6. The minimum Gasteiger partial charge on any atom is -0.398 e. The van der Waals surface area contributed by atoms with Crippen LogP contribution in [0.5, 0.6) is 0 Å². The van der Waals surface area contributed by atoms with Gasteiger partial charge in [-0.3, -0.25) is 0 Å². The van der Waals surface area contributed by atoms with Crippen LogP contribution in [0.4, 0.5) is 10.1 Å². The lowest BCUT2D eigenvalue weighted by molar-refractivity contribution is 0.241. The van der Waals surface area contributed by atoms with Gasteiger partial charge in [-0.05, 0) is 42.8 Å². The van der Waals surface area contributed by atoms with E-state index in [1.165, 1.54) is 12.1 Å². The fourth-order valence-corrected chi connectivity index (χ4v) is 2.67. The molecule has 0 bridgehead atoms. The number of nitrogen functional groups attached to an aromatic ring is 1. The summed E-state index contributed by atoms with van der Waals surface area (Å²) in [4.78, 5) is 0. The van der Waals surface area contributed by atoms with Crippen LogP contribution in [0, 0.1) is 5.82 Å². The molecule has 2 aromatic carbocycles. The Bertz CT molecular complexity index is 795. The second-order valence-corrected chi connectivity index (χ2v) is 5.22. The van der Waals surface area contributed by atoms with E-state index < -0.39 is 0 Å². The van der Waals surface area contributed by atoms with E-state index in [4.69, 9.17) is 5.73 Å². The SMILES string of the molecule is CC(CO)n1ccc2c(-c3ccc(F)cc3N)cccc21. The van der Waals surface area contributed by atoms with Gasteiger partial charge in [-0.15, -0.1) is 0 Å². The number of halogens is 1. The first-order valence-electron chi connectivity index (χ1n) is 6.87. The summed E-state index contributed by atoms with van der Waals surface area (Å²) in [5, 5.41) is 10.4. The molecule has 1 heterocycles. The van der Waals surface area contributed by atoms with Gasteiger partial charge >= 0.3 is 0 Å². The fourth-order valence-electron chi connectivity index (χ4n) is 2.67. The smallest absolute Gasteiger partial charge is 0.125 e. The number of nitrogens with two attached hydrogens (primary N) is 1. The van der Waals surface area contributed by atoms with Gasteiger partial charge in [-0.1, -0.05) is 12.1 Å². The van der Waals surface area contributed by atoms with Gasteiger partial charge in [0.1, 0.15) is 5.82 Å². The zero-order valence-electron chi connectivity index (χ0n) is 11.8. The maximum atomic E-state index is 13.2. The van der Waals surface area contributed by atoms with E-state index in [9.17, 15) is 9.50 Å². The lowest BCUT2D eigenvalue weighted by Crippen LogP contribution is -2.07. The zero-order chi connectivity index (χ0) is 15.0. The molecule has 0 spiro atoms. The number of aromatic nitrogens is 1. The van der Waals surface area contributed by atoms with Crippen molar-refractivity contribution >= 4 is 16.6 Å². The van der Waals surface area contributed by atoms with Crippen LogP contribution in [-0.4, -0.2) is 16.3 Å². The molecule has 21 heavy (non-hydrogen) atoms. The topological polar surface area (TPSA) is 51.2 Å². The quantitative estimate of drug-likeness (QED) is 0.722. The minimum atomic E-state index is -0.338. The Morgan fingerprint density at radius 2 is 2.00 bits per heavy atom. The van der Waals surface area contributed by atoms with Crippen LogP contribution in [0.15, 0.2) is 48.7 Å². The predicted octanol–water partition coefficient (Wildman–Crippen LogP) is 3.58. The van der Waals surface area contributed by atoms with E-state index in [0.29, 0.717) is 5.69 Å². The van der Waals surface area contributed by atoms with E-state index in [-0.39, 0.29) is 18.5 Å². The van der Waals surface area contributed by atoms with Gasteiger partial charge in [0.25, 0.3) is 0 Å². The van der Waals surface area contributed by atoms with Crippen molar-refractivity contribution in [3.63, 3.8) is 0 Å². The number of benzene rings is 2. The highest BCUT2D eigenvalue weighted by molar-refractivity contribution is 5.98. The molecule has 3 N–H and O–H groups in total. The molecule has 0 amide bonds. The molecule has 4 heteroatoms. The van der Waals surface area contributed by atoms with Gasteiger partial charge in [0, 0.05) is 28.4 Å². The van der Waals surface area contributed by atoms with Gasteiger partial charge in [-0.25, -0.2) is 4.39 Å². The highest BCUT2D eigenvalue weighted by Gasteiger charge is 2.12. The third-order valence-corrected chi connectivity index (χ3v) is 3.81. The van der Waals surface area contributed by atoms with Gasteiger partial charge in [0.15, 0.2) is 0 Å². The molecule has 0 fully saturated rings. The largest absolute Gasteiger partial charge is 0.398 e. The van der Waals surface area contributed by atoms with Crippen LogP contribution in [0.2, 0.25) is 0 Å². The van der Waals surface area contributed by atoms with Crippen molar-refractivity contribution in [2.24, 2.45) is 0 Å². The Kier molecular flexibility index (Phi) is 3.39. The molecular formula is C17H17FN2O. The maximum absolute atomic E-state index is 13.2. The number of anilines is 1. The Morgan fingerprint density at radius 3 is 2.71 bits per heavy atom. The lowest BCUT2D eigenvalue weighted by Gasteiger charge is -2.13. The van der Waals surface area contributed by atoms with E-state index in [1.54, 1.807) is 6.07 Å². The maximum Gasteiger partial charge on any atom is 0.125 e. The lowest BCUT2D eigenvalue weighted by atomic mass is 10.00. The molecule has 3 rings (SSSR count). The summed E-state index contributed by atoms with van der Waals surface area (Å²) in [5.41, 5.74) is 9.18. The minimum absolute atomic E-state index is 0.00307. The number of hydrogen-bond donors (Lipinski definition) is 2. The third-order valence-electron chi connectivity index (χ3n) is 3.81. The normalized spacial score (nSPS) is 12.7. The molecule has 1 unspecified atom stereocenters. The number of fused-ring (bicyclic) bond motifs is 1. The molecule has 3 aromatic rings. The van der Waals surface area contributed by atoms with Crippen LogP contribution < -0.4 is 5.73 Å². The Hall–Kier alpha value is -2.33. The molecule has 108 valence electrons. The van der Waals surface area contributed by atoms with Gasteiger partial charge in [0.05, 0.1) is 12.6 Å². The van der Waals surface area contributed by atoms with E-state index in [1.807, 2.05) is 42.0 Å². The number of aliphatic hydroxyl groups excluding tert-OH is 1. The summed E-state index contributed by atoms with van der Waals surface area (Å²) in [6.45, 7) is 2.03. The summed E-state index contributed by atoms with van der Waals surface area (Å²) < 4.78 is 15.2. The Labute approximate surface area is 122 Å². The first-order chi connectivity index (χ1) is 10.1. The number of hydrogen-bond acceptors (Lipinski definition) is 2. The molecule has 3 nitrogen and oxygen atoms in total. The summed E-state index contributed by atoms with van der Waals surface area (Å²) in [6, 6.07) is 12.4. The van der Waals surface area contributed by atoms with E-state index in [0.717, 1.165) is 22.0 Å². The van der Waals surface area contributed by atoms with Gasteiger partial charge in [-0.2, -0.15) is 0 Å². The summed E-state index contributed by atoms with van der Waals surface area (Å²) in [5.74, 6) is -0.338. The molecule has 0 aliphatic carbocycles. The molecule has 1 aromatic heterocycles. The number of rotatable bonds is 3. The monoisotopic (exact) mass is 284 g/mol. The van der Waals surface area contributed by atoms with E-state index in [2.05, 4.69) is 0 Å². The Balaban J connectivity index is 2.22. The second kappa shape index (κ2) is 5.22. The van der Waals surface area contributed by atoms with Crippen molar-refractivity contribution in [3.05, 3.63) is 54.5 Å². The average Bonchev–Trinajstić information content (AvgIpc) is 2.90. The molecule has 0 saturated carbocycles. The van der Waals surface area contributed by atoms with Crippen LogP contribution in [-0.2, 0) is 0 Å². The highest BCUT2D eigenvalue weighted by atomic mass is 19.1. The van der Waals surface area contributed by atoms with Crippen LogP contribution >= 0.6 is 0 Å². The predicted molar refractivity (Wildman–Crippen MR) is 83.5 cm³/mol.